The molecule has 1 N–H and O–H groups in total. The molecule has 148 valence electrons. The first-order valence-corrected chi connectivity index (χ1v) is 9.52. The fourth-order valence-corrected chi connectivity index (χ4v) is 3.35. The van der Waals surface area contributed by atoms with Crippen LogP contribution in [0.2, 0.25) is 0 Å². The SMILES string of the molecule is CC[C@@H](C)c1ccccc1NC(=O)c1cc([N+](=O)[O-])ccc1N1CCOCC1. The van der Waals surface area contributed by atoms with Crippen LogP contribution in [-0.2, 0) is 4.74 Å². The summed E-state index contributed by atoms with van der Waals surface area (Å²) in [6, 6.07) is 12.1. The highest BCUT2D eigenvalue weighted by molar-refractivity contribution is 6.09. The molecule has 2 aromatic carbocycles. The van der Waals surface area contributed by atoms with Crippen LogP contribution < -0.4 is 10.2 Å². The van der Waals surface area contributed by atoms with Gasteiger partial charge in [0.25, 0.3) is 11.6 Å². The van der Waals surface area contributed by atoms with E-state index in [2.05, 4.69) is 19.2 Å². The molecule has 0 bridgehead atoms. The van der Waals surface area contributed by atoms with Crippen LogP contribution in [0.1, 0.15) is 42.1 Å². The molecule has 28 heavy (non-hydrogen) atoms. The summed E-state index contributed by atoms with van der Waals surface area (Å²) in [6.07, 6.45) is 0.947. The number of hydrogen-bond acceptors (Lipinski definition) is 5. The smallest absolute Gasteiger partial charge is 0.270 e. The number of nitro benzene ring substituents is 1. The summed E-state index contributed by atoms with van der Waals surface area (Å²) >= 11 is 0. The van der Waals surface area contributed by atoms with Gasteiger partial charge in [0.2, 0.25) is 0 Å². The molecule has 0 aromatic heterocycles. The Labute approximate surface area is 164 Å². The minimum atomic E-state index is -0.479. The second-order valence-electron chi connectivity index (χ2n) is 6.91. The Balaban J connectivity index is 1.96. The maximum atomic E-state index is 13.1. The van der Waals surface area contributed by atoms with Gasteiger partial charge in [-0.1, -0.05) is 32.0 Å². The van der Waals surface area contributed by atoms with E-state index in [1.165, 1.54) is 12.1 Å². The first-order chi connectivity index (χ1) is 13.5. The van der Waals surface area contributed by atoms with Gasteiger partial charge in [-0.15, -0.1) is 0 Å². The number of carbonyl (C=O) groups excluding carboxylic acids is 1. The van der Waals surface area contributed by atoms with E-state index in [-0.39, 0.29) is 11.6 Å². The van der Waals surface area contributed by atoms with Crippen molar-refractivity contribution in [3.8, 4) is 0 Å². The van der Waals surface area contributed by atoms with Crippen LogP contribution in [0.4, 0.5) is 17.1 Å². The van der Waals surface area contributed by atoms with Crippen LogP contribution in [-0.4, -0.2) is 37.1 Å². The number of nitrogens with one attached hydrogen (secondary N) is 1. The lowest BCUT2D eigenvalue weighted by Gasteiger charge is -2.30. The van der Waals surface area contributed by atoms with Gasteiger partial charge in [-0.25, -0.2) is 0 Å². The molecule has 1 atom stereocenters. The Morgan fingerprint density at radius 1 is 1.25 bits per heavy atom. The largest absolute Gasteiger partial charge is 0.378 e. The quantitative estimate of drug-likeness (QED) is 0.597. The van der Waals surface area contributed by atoms with Crippen molar-refractivity contribution in [1.82, 2.24) is 0 Å². The fraction of sp³-hybridized carbons (Fsp3) is 0.381. The van der Waals surface area contributed by atoms with Gasteiger partial charge in [0.05, 0.1) is 29.4 Å². The number of rotatable bonds is 6. The highest BCUT2D eigenvalue weighted by atomic mass is 16.6. The second kappa shape index (κ2) is 8.84. The third-order valence-electron chi connectivity index (χ3n) is 5.14. The van der Waals surface area contributed by atoms with Crippen molar-refractivity contribution in [3.05, 3.63) is 63.7 Å². The molecule has 1 aliphatic heterocycles. The number of morpholine rings is 1. The zero-order valence-electron chi connectivity index (χ0n) is 16.2. The average Bonchev–Trinajstić information content (AvgIpc) is 2.73. The predicted octanol–water partition coefficient (Wildman–Crippen LogP) is 4.20. The number of benzene rings is 2. The molecular formula is C21H25N3O4. The lowest BCUT2D eigenvalue weighted by Crippen LogP contribution is -2.37. The summed E-state index contributed by atoms with van der Waals surface area (Å²) in [7, 11) is 0. The number of carbonyl (C=O) groups is 1. The Bertz CT molecular complexity index is 862. The molecule has 0 spiro atoms. The first kappa shape index (κ1) is 19.8. The number of anilines is 2. The number of nitrogens with zero attached hydrogens (tertiary/aromatic N) is 2. The van der Waals surface area contributed by atoms with E-state index in [0.29, 0.717) is 43.5 Å². The van der Waals surface area contributed by atoms with Gasteiger partial charge in [-0.05, 0) is 30.0 Å². The number of hydrogen-bond donors (Lipinski definition) is 1. The molecule has 1 heterocycles. The minimum absolute atomic E-state index is 0.0997. The van der Waals surface area contributed by atoms with Crippen molar-refractivity contribution < 1.29 is 14.5 Å². The van der Waals surface area contributed by atoms with Crippen LogP contribution in [0.25, 0.3) is 0 Å². The normalized spacial score (nSPS) is 15.1. The molecule has 7 nitrogen and oxygen atoms in total. The Morgan fingerprint density at radius 2 is 1.96 bits per heavy atom. The summed E-state index contributed by atoms with van der Waals surface area (Å²) in [5, 5.41) is 14.2. The monoisotopic (exact) mass is 383 g/mol. The maximum absolute atomic E-state index is 13.1. The zero-order chi connectivity index (χ0) is 20.1. The third-order valence-corrected chi connectivity index (χ3v) is 5.14. The predicted molar refractivity (Wildman–Crippen MR) is 109 cm³/mol. The molecule has 0 saturated carbocycles. The molecule has 0 radical (unpaired) electrons. The van der Waals surface area contributed by atoms with E-state index < -0.39 is 4.92 Å². The lowest BCUT2D eigenvalue weighted by atomic mass is 9.96. The molecule has 0 aliphatic carbocycles. The lowest BCUT2D eigenvalue weighted by molar-refractivity contribution is -0.384. The topological polar surface area (TPSA) is 84.7 Å². The Hall–Kier alpha value is -2.93. The van der Waals surface area contributed by atoms with Gasteiger partial charge in [-0.2, -0.15) is 0 Å². The number of para-hydroxylation sites is 1. The highest BCUT2D eigenvalue weighted by Gasteiger charge is 2.23. The van der Waals surface area contributed by atoms with Gasteiger partial charge in [-0.3, -0.25) is 14.9 Å². The number of non-ortho nitro benzene ring substituents is 1. The zero-order valence-corrected chi connectivity index (χ0v) is 16.2. The van der Waals surface area contributed by atoms with Gasteiger partial charge in [0.15, 0.2) is 0 Å². The van der Waals surface area contributed by atoms with E-state index in [9.17, 15) is 14.9 Å². The summed E-state index contributed by atoms with van der Waals surface area (Å²) < 4.78 is 5.38. The van der Waals surface area contributed by atoms with Crippen molar-refractivity contribution in [2.45, 2.75) is 26.2 Å². The molecule has 1 aliphatic rings. The van der Waals surface area contributed by atoms with Gasteiger partial charge in [0, 0.05) is 30.9 Å². The Kier molecular flexibility index (Phi) is 6.26. The van der Waals surface area contributed by atoms with Crippen LogP contribution in [0.3, 0.4) is 0 Å². The summed E-state index contributed by atoms with van der Waals surface area (Å²) in [5.74, 6) is -0.0544. The van der Waals surface area contributed by atoms with Gasteiger partial charge in [0.1, 0.15) is 0 Å². The van der Waals surface area contributed by atoms with Crippen molar-refractivity contribution >= 4 is 23.0 Å². The van der Waals surface area contributed by atoms with E-state index >= 15 is 0 Å². The summed E-state index contributed by atoms with van der Waals surface area (Å²) in [6.45, 7) is 6.62. The maximum Gasteiger partial charge on any atom is 0.270 e. The molecule has 3 rings (SSSR count). The average molecular weight is 383 g/mol. The van der Waals surface area contributed by atoms with Crippen molar-refractivity contribution in [3.63, 3.8) is 0 Å². The fourth-order valence-electron chi connectivity index (χ4n) is 3.35. The van der Waals surface area contributed by atoms with E-state index in [4.69, 9.17) is 4.74 Å². The molecule has 1 saturated heterocycles. The standard InChI is InChI=1S/C21H25N3O4/c1-3-15(2)17-6-4-5-7-19(17)22-21(25)18-14-16(24(26)27)8-9-20(18)23-10-12-28-13-11-23/h4-9,14-15H,3,10-13H2,1-2H3,(H,22,25)/t15-/m1/s1. The number of nitro groups is 1. The summed E-state index contributed by atoms with van der Waals surface area (Å²) in [4.78, 5) is 25.9. The Morgan fingerprint density at radius 3 is 2.64 bits per heavy atom. The molecule has 7 heteroatoms. The second-order valence-corrected chi connectivity index (χ2v) is 6.91. The van der Waals surface area contributed by atoms with E-state index in [1.807, 2.05) is 29.2 Å². The van der Waals surface area contributed by atoms with Crippen molar-refractivity contribution in [1.29, 1.82) is 0 Å². The van der Waals surface area contributed by atoms with Crippen LogP contribution >= 0.6 is 0 Å². The van der Waals surface area contributed by atoms with Crippen LogP contribution in [0.15, 0.2) is 42.5 Å². The number of ether oxygens (including phenoxy) is 1. The first-order valence-electron chi connectivity index (χ1n) is 9.52. The summed E-state index contributed by atoms with van der Waals surface area (Å²) in [5.41, 5.74) is 2.68. The van der Waals surface area contributed by atoms with Gasteiger partial charge >= 0.3 is 0 Å². The van der Waals surface area contributed by atoms with Crippen molar-refractivity contribution in [2.24, 2.45) is 0 Å². The molecule has 1 amide bonds. The molecule has 0 unspecified atom stereocenters. The van der Waals surface area contributed by atoms with Crippen molar-refractivity contribution in [2.75, 3.05) is 36.5 Å². The van der Waals surface area contributed by atoms with Crippen LogP contribution in [0, 0.1) is 10.1 Å². The highest BCUT2D eigenvalue weighted by Crippen LogP contribution is 2.30. The van der Waals surface area contributed by atoms with E-state index in [0.717, 1.165) is 17.7 Å². The molecular weight excluding hydrogens is 358 g/mol. The van der Waals surface area contributed by atoms with E-state index in [1.54, 1.807) is 6.07 Å². The number of amides is 1. The minimum Gasteiger partial charge on any atom is -0.378 e. The van der Waals surface area contributed by atoms with Gasteiger partial charge < -0.3 is 15.0 Å². The third kappa shape index (κ3) is 4.31. The van der Waals surface area contributed by atoms with Crippen LogP contribution in [0.5, 0.6) is 0 Å². The molecule has 2 aromatic rings. The molecule has 1 fully saturated rings.